The third-order valence-electron chi connectivity index (χ3n) is 4.75. The molecule has 2 aliphatic carbocycles. The average molecular weight is 242 g/mol. The van der Waals surface area contributed by atoms with E-state index < -0.39 is 0 Å². The molecule has 2 saturated carbocycles. The number of ketones is 2. The van der Waals surface area contributed by atoms with E-state index >= 15 is 0 Å². The van der Waals surface area contributed by atoms with Crippen molar-refractivity contribution in [2.24, 2.45) is 23.7 Å². The lowest BCUT2D eigenvalue weighted by atomic mass is 9.74. The Morgan fingerprint density at radius 3 is 2.22 bits per heavy atom. The molecule has 2 fully saturated rings. The predicted molar refractivity (Wildman–Crippen MR) is 69.3 cm³/mol. The second kappa shape index (κ2) is 4.34. The van der Waals surface area contributed by atoms with E-state index in [-0.39, 0.29) is 23.4 Å². The van der Waals surface area contributed by atoms with Gasteiger partial charge in [0, 0.05) is 17.4 Å². The molecule has 2 bridgehead atoms. The first-order chi connectivity index (χ1) is 8.68. The lowest BCUT2D eigenvalue weighted by Gasteiger charge is -2.28. The van der Waals surface area contributed by atoms with Crippen molar-refractivity contribution in [3.63, 3.8) is 0 Å². The summed E-state index contributed by atoms with van der Waals surface area (Å²) in [7, 11) is 0. The van der Waals surface area contributed by atoms with E-state index in [1.54, 1.807) is 6.92 Å². The second-order valence-electron chi connectivity index (χ2n) is 5.73. The molecule has 1 aromatic carbocycles. The Morgan fingerprint density at radius 2 is 1.61 bits per heavy atom. The molecule has 0 spiro atoms. The Bertz CT molecular complexity index is 477. The lowest BCUT2D eigenvalue weighted by Crippen LogP contribution is -2.33. The molecule has 2 aliphatic rings. The van der Waals surface area contributed by atoms with Crippen LogP contribution in [0, 0.1) is 23.7 Å². The molecule has 0 radical (unpaired) electrons. The first-order valence-corrected chi connectivity index (χ1v) is 6.78. The minimum atomic E-state index is -0.0522. The SMILES string of the molecule is CC(=O)[C@H]1[C@@H]2CC[C@@H](C2)[C@H]1C(=O)c1ccccc1. The Labute approximate surface area is 107 Å². The maximum absolute atomic E-state index is 12.6. The highest BCUT2D eigenvalue weighted by Crippen LogP contribution is 2.53. The van der Waals surface area contributed by atoms with Gasteiger partial charge in [0.2, 0.25) is 0 Å². The van der Waals surface area contributed by atoms with Crippen LogP contribution in [0.1, 0.15) is 36.5 Å². The number of hydrogen-bond donors (Lipinski definition) is 0. The van der Waals surface area contributed by atoms with Crippen molar-refractivity contribution in [2.45, 2.75) is 26.2 Å². The molecule has 2 heteroatoms. The van der Waals surface area contributed by atoms with Crippen LogP contribution in [0.4, 0.5) is 0 Å². The summed E-state index contributed by atoms with van der Waals surface area (Å²) in [6.45, 7) is 1.65. The molecule has 1 aromatic rings. The number of Topliss-reactive ketones (excluding diaryl/α,β-unsaturated/α-hetero) is 2. The van der Waals surface area contributed by atoms with Crippen molar-refractivity contribution in [1.29, 1.82) is 0 Å². The van der Waals surface area contributed by atoms with Crippen LogP contribution in [0.5, 0.6) is 0 Å². The number of carbonyl (C=O) groups is 2. The highest BCUT2D eigenvalue weighted by molar-refractivity contribution is 6.01. The van der Waals surface area contributed by atoms with Crippen LogP contribution in [0.3, 0.4) is 0 Å². The molecule has 94 valence electrons. The Kier molecular flexibility index (Phi) is 2.81. The molecular formula is C16H18O2. The molecule has 18 heavy (non-hydrogen) atoms. The molecule has 0 amide bonds. The fourth-order valence-electron chi connectivity index (χ4n) is 4.05. The fourth-order valence-corrected chi connectivity index (χ4v) is 4.05. The van der Waals surface area contributed by atoms with Crippen LogP contribution < -0.4 is 0 Å². The topological polar surface area (TPSA) is 34.1 Å². The van der Waals surface area contributed by atoms with Gasteiger partial charge in [-0.1, -0.05) is 30.3 Å². The van der Waals surface area contributed by atoms with Crippen molar-refractivity contribution in [1.82, 2.24) is 0 Å². The van der Waals surface area contributed by atoms with Crippen LogP contribution in [-0.4, -0.2) is 11.6 Å². The van der Waals surface area contributed by atoms with E-state index in [1.807, 2.05) is 30.3 Å². The smallest absolute Gasteiger partial charge is 0.166 e. The first kappa shape index (κ1) is 11.6. The molecule has 0 N–H and O–H groups in total. The van der Waals surface area contributed by atoms with Gasteiger partial charge in [0.15, 0.2) is 5.78 Å². The molecule has 2 nitrogen and oxygen atoms in total. The van der Waals surface area contributed by atoms with Gasteiger partial charge >= 0.3 is 0 Å². The number of rotatable bonds is 3. The van der Waals surface area contributed by atoms with Crippen molar-refractivity contribution >= 4 is 11.6 Å². The lowest BCUT2D eigenvalue weighted by molar-refractivity contribution is -0.123. The molecule has 0 aromatic heterocycles. The molecule has 0 aliphatic heterocycles. The normalized spacial score (nSPS) is 33.6. The monoisotopic (exact) mass is 242 g/mol. The van der Waals surface area contributed by atoms with Crippen LogP contribution in [0.25, 0.3) is 0 Å². The zero-order valence-electron chi connectivity index (χ0n) is 10.6. The molecule has 0 heterocycles. The highest BCUT2D eigenvalue weighted by Gasteiger charge is 2.52. The molecular weight excluding hydrogens is 224 g/mol. The summed E-state index contributed by atoms with van der Waals surface area (Å²) in [5, 5.41) is 0. The molecule has 4 atom stereocenters. The van der Waals surface area contributed by atoms with Gasteiger partial charge in [-0.2, -0.15) is 0 Å². The van der Waals surface area contributed by atoms with Gasteiger partial charge in [0.25, 0.3) is 0 Å². The van der Waals surface area contributed by atoms with Crippen molar-refractivity contribution in [3.05, 3.63) is 35.9 Å². The molecule has 0 saturated heterocycles. The minimum absolute atomic E-state index is 0.0172. The summed E-state index contributed by atoms with van der Waals surface area (Å²) in [5.41, 5.74) is 0.765. The van der Waals surface area contributed by atoms with Crippen LogP contribution >= 0.6 is 0 Å². The summed E-state index contributed by atoms with van der Waals surface area (Å²) >= 11 is 0. The summed E-state index contributed by atoms with van der Waals surface area (Å²) in [5.74, 6) is 1.22. The zero-order valence-corrected chi connectivity index (χ0v) is 10.6. The van der Waals surface area contributed by atoms with Gasteiger partial charge in [0.1, 0.15) is 5.78 Å². The standard InChI is InChI=1S/C16H18O2/c1-10(17)14-12-7-8-13(9-12)15(14)16(18)11-5-3-2-4-6-11/h2-6,12-15H,7-9H2,1H3/t12-,13+,14+,15-/m1/s1. The Balaban J connectivity index is 1.91. The summed E-state index contributed by atoms with van der Waals surface area (Å²) in [6, 6.07) is 9.43. The highest BCUT2D eigenvalue weighted by atomic mass is 16.1. The van der Waals surface area contributed by atoms with E-state index in [9.17, 15) is 9.59 Å². The Hall–Kier alpha value is -1.44. The van der Waals surface area contributed by atoms with Crippen molar-refractivity contribution < 1.29 is 9.59 Å². The predicted octanol–water partition coefficient (Wildman–Crippen LogP) is 3.12. The number of benzene rings is 1. The fraction of sp³-hybridized carbons (Fsp3) is 0.500. The minimum Gasteiger partial charge on any atom is -0.300 e. The van der Waals surface area contributed by atoms with E-state index in [4.69, 9.17) is 0 Å². The quantitative estimate of drug-likeness (QED) is 0.763. The number of carbonyl (C=O) groups excluding carboxylic acids is 2. The van der Waals surface area contributed by atoms with E-state index in [2.05, 4.69) is 0 Å². The van der Waals surface area contributed by atoms with Gasteiger partial charge in [-0.05, 0) is 38.0 Å². The molecule has 0 unspecified atom stereocenters. The van der Waals surface area contributed by atoms with Crippen molar-refractivity contribution in [2.75, 3.05) is 0 Å². The number of fused-ring (bicyclic) bond motifs is 2. The van der Waals surface area contributed by atoms with Crippen LogP contribution in [0.15, 0.2) is 30.3 Å². The zero-order chi connectivity index (χ0) is 12.7. The van der Waals surface area contributed by atoms with Crippen LogP contribution in [-0.2, 0) is 4.79 Å². The third-order valence-corrected chi connectivity index (χ3v) is 4.75. The maximum Gasteiger partial charge on any atom is 0.166 e. The van der Waals surface area contributed by atoms with E-state index in [0.717, 1.165) is 24.8 Å². The number of hydrogen-bond acceptors (Lipinski definition) is 2. The second-order valence-corrected chi connectivity index (χ2v) is 5.73. The Morgan fingerprint density at radius 1 is 1.00 bits per heavy atom. The first-order valence-electron chi connectivity index (χ1n) is 6.78. The van der Waals surface area contributed by atoms with Gasteiger partial charge in [-0.15, -0.1) is 0 Å². The van der Waals surface area contributed by atoms with E-state index in [0.29, 0.717) is 11.8 Å². The summed E-state index contributed by atoms with van der Waals surface area (Å²) < 4.78 is 0. The summed E-state index contributed by atoms with van der Waals surface area (Å²) in [6.07, 6.45) is 3.33. The maximum atomic E-state index is 12.6. The van der Waals surface area contributed by atoms with Gasteiger partial charge in [-0.25, -0.2) is 0 Å². The van der Waals surface area contributed by atoms with Gasteiger partial charge < -0.3 is 0 Å². The van der Waals surface area contributed by atoms with Gasteiger partial charge in [0.05, 0.1) is 0 Å². The summed E-state index contributed by atoms with van der Waals surface area (Å²) in [4.78, 5) is 24.4. The van der Waals surface area contributed by atoms with E-state index in [1.165, 1.54) is 0 Å². The van der Waals surface area contributed by atoms with Crippen molar-refractivity contribution in [3.8, 4) is 0 Å². The average Bonchev–Trinajstić information content (AvgIpc) is 2.99. The largest absolute Gasteiger partial charge is 0.300 e. The third kappa shape index (κ3) is 1.71. The molecule has 3 rings (SSSR count). The van der Waals surface area contributed by atoms with Gasteiger partial charge in [-0.3, -0.25) is 9.59 Å². The van der Waals surface area contributed by atoms with Crippen LogP contribution in [0.2, 0.25) is 0 Å².